The van der Waals surface area contributed by atoms with Gasteiger partial charge in [-0.2, -0.15) is 0 Å². The molecule has 152 valence electrons. The Bertz CT molecular complexity index is 943. The zero-order valence-electron chi connectivity index (χ0n) is 15.5. The van der Waals surface area contributed by atoms with Gasteiger partial charge in [-0.1, -0.05) is 6.08 Å². The molecule has 2 rings (SSSR count). The minimum absolute atomic E-state index is 0.147. The number of anilines is 1. The van der Waals surface area contributed by atoms with Crippen LogP contribution in [0.25, 0.3) is 0 Å². The van der Waals surface area contributed by atoms with Gasteiger partial charge in [-0.05, 0) is 12.2 Å². The lowest BCUT2D eigenvalue weighted by atomic mass is 10.1. The number of benzene rings is 1. The fourth-order valence-corrected chi connectivity index (χ4v) is 2.57. The predicted octanol–water partition coefficient (Wildman–Crippen LogP) is 2.00. The van der Waals surface area contributed by atoms with Gasteiger partial charge in [-0.15, -0.1) is 0 Å². The first kappa shape index (κ1) is 21.1. The van der Waals surface area contributed by atoms with Crippen molar-refractivity contribution in [1.29, 1.82) is 0 Å². The molecule has 1 heterocycles. The van der Waals surface area contributed by atoms with Crippen LogP contribution in [0.5, 0.6) is 5.75 Å². The van der Waals surface area contributed by atoms with Crippen molar-refractivity contribution in [3.05, 3.63) is 68.1 Å². The number of carbonyl (C=O) groups is 2. The molecule has 0 atom stereocenters. The van der Waals surface area contributed by atoms with E-state index in [4.69, 9.17) is 9.47 Å². The average molecular weight is 405 g/mol. The molecular weight excluding hydrogens is 390 g/mol. The summed E-state index contributed by atoms with van der Waals surface area (Å²) in [7, 11) is 3.23. The molecule has 0 radical (unpaired) electrons. The predicted molar refractivity (Wildman–Crippen MR) is 98.1 cm³/mol. The number of nitrogens with zero attached hydrogens (tertiary/aromatic N) is 3. The third-order valence-electron chi connectivity index (χ3n) is 3.80. The van der Waals surface area contributed by atoms with E-state index in [-0.39, 0.29) is 17.0 Å². The Kier molecular flexibility index (Phi) is 6.29. The molecule has 0 bridgehead atoms. The van der Waals surface area contributed by atoms with E-state index >= 15 is 0 Å². The third-order valence-corrected chi connectivity index (χ3v) is 3.80. The normalized spacial score (nSPS) is 13.0. The van der Waals surface area contributed by atoms with Gasteiger partial charge in [0.2, 0.25) is 0 Å². The van der Waals surface area contributed by atoms with Crippen LogP contribution in [-0.4, -0.2) is 43.1 Å². The lowest BCUT2D eigenvalue weighted by Gasteiger charge is -2.23. The Balaban J connectivity index is 2.85. The van der Waals surface area contributed by atoms with Crippen LogP contribution in [0, 0.1) is 20.2 Å². The molecule has 1 aromatic rings. The van der Waals surface area contributed by atoms with E-state index in [1.165, 1.54) is 24.4 Å². The number of carbonyl (C=O) groups excluding carboxylic acids is 2. The summed E-state index contributed by atoms with van der Waals surface area (Å²) < 4.78 is 14.2. The number of rotatable bonds is 6. The summed E-state index contributed by atoms with van der Waals surface area (Å²) in [6.07, 6.45) is 5.40. The molecule has 0 spiro atoms. The molecule has 12 nitrogen and oxygen atoms in total. The minimum Gasteiger partial charge on any atom is -0.485 e. The van der Waals surface area contributed by atoms with Crippen LogP contribution in [0.1, 0.15) is 0 Å². The van der Waals surface area contributed by atoms with E-state index in [2.05, 4.69) is 4.74 Å². The molecule has 1 aliphatic heterocycles. The average Bonchev–Trinajstić information content (AvgIpc) is 2.94. The standard InChI is InChI=1S/C17H15N3O9/c1-27-15-12(19(23)24)8-10(9-13(15)20(25)26)18-7-5-4-6-11(16(21)28-2)14(18)17(22)29-3/h4-9H,1-3H3. The van der Waals surface area contributed by atoms with Crippen molar-refractivity contribution in [2.45, 2.75) is 0 Å². The van der Waals surface area contributed by atoms with Crippen molar-refractivity contribution in [2.75, 3.05) is 26.2 Å². The van der Waals surface area contributed by atoms with Crippen LogP contribution in [0.4, 0.5) is 17.1 Å². The smallest absolute Gasteiger partial charge is 0.355 e. The summed E-state index contributed by atoms with van der Waals surface area (Å²) in [5.74, 6) is -2.41. The molecule has 12 heteroatoms. The Morgan fingerprint density at radius 2 is 1.48 bits per heavy atom. The lowest BCUT2D eigenvalue weighted by Crippen LogP contribution is -2.27. The van der Waals surface area contributed by atoms with E-state index in [0.717, 1.165) is 38.4 Å². The van der Waals surface area contributed by atoms with Crippen molar-refractivity contribution in [3.8, 4) is 5.75 Å². The monoisotopic (exact) mass is 405 g/mol. The number of methoxy groups -OCH3 is 3. The molecule has 0 unspecified atom stereocenters. The zero-order valence-corrected chi connectivity index (χ0v) is 15.5. The van der Waals surface area contributed by atoms with Gasteiger partial charge in [0.15, 0.2) is 0 Å². The highest BCUT2D eigenvalue weighted by molar-refractivity contribution is 6.05. The van der Waals surface area contributed by atoms with Crippen LogP contribution in [0.15, 0.2) is 47.8 Å². The van der Waals surface area contributed by atoms with Gasteiger partial charge >= 0.3 is 23.3 Å². The Morgan fingerprint density at radius 3 is 1.93 bits per heavy atom. The molecule has 0 N–H and O–H groups in total. The summed E-state index contributed by atoms with van der Waals surface area (Å²) in [6, 6.07) is 1.94. The molecule has 1 aromatic carbocycles. The van der Waals surface area contributed by atoms with Crippen LogP contribution in [-0.2, 0) is 19.1 Å². The molecule has 0 aliphatic carbocycles. The van der Waals surface area contributed by atoms with Gasteiger partial charge in [-0.25, -0.2) is 9.59 Å². The Hall–Kier alpha value is -4.22. The summed E-state index contributed by atoms with van der Waals surface area (Å²) >= 11 is 0. The number of ether oxygens (including phenoxy) is 3. The van der Waals surface area contributed by atoms with Crippen LogP contribution >= 0.6 is 0 Å². The first-order chi connectivity index (χ1) is 13.8. The molecule has 29 heavy (non-hydrogen) atoms. The Labute approximate surface area is 163 Å². The second-order valence-corrected chi connectivity index (χ2v) is 5.35. The molecule has 0 saturated carbocycles. The van der Waals surface area contributed by atoms with E-state index < -0.39 is 38.9 Å². The van der Waals surface area contributed by atoms with E-state index in [9.17, 15) is 29.8 Å². The largest absolute Gasteiger partial charge is 0.485 e. The van der Waals surface area contributed by atoms with Gasteiger partial charge in [0, 0.05) is 18.3 Å². The maximum atomic E-state index is 12.4. The molecular formula is C17H15N3O9. The number of hydrogen-bond donors (Lipinski definition) is 0. The summed E-state index contributed by atoms with van der Waals surface area (Å²) in [5, 5.41) is 22.9. The van der Waals surface area contributed by atoms with E-state index in [1.807, 2.05) is 0 Å². The van der Waals surface area contributed by atoms with Gasteiger partial charge < -0.3 is 19.1 Å². The summed E-state index contributed by atoms with van der Waals surface area (Å²) in [6.45, 7) is 0. The zero-order chi connectivity index (χ0) is 21.7. The van der Waals surface area contributed by atoms with Crippen LogP contribution in [0.2, 0.25) is 0 Å². The van der Waals surface area contributed by atoms with E-state index in [1.54, 1.807) is 0 Å². The van der Waals surface area contributed by atoms with Gasteiger partial charge in [0.1, 0.15) is 5.70 Å². The second kappa shape index (κ2) is 8.65. The topological polar surface area (TPSA) is 151 Å². The minimum atomic E-state index is -0.970. The number of hydrogen-bond acceptors (Lipinski definition) is 10. The summed E-state index contributed by atoms with van der Waals surface area (Å²) in [4.78, 5) is 46.7. The Morgan fingerprint density at radius 1 is 0.931 bits per heavy atom. The fraction of sp³-hybridized carbons (Fsp3) is 0.176. The molecule has 0 amide bonds. The highest BCUT2D eigenvalue weighted by Crippen LogP contribution is 2.42. The SMILES string of the molecule is COC(=O)C1=C(C(=O)OC)N(c2cc([N+](=O)[O-])c(OC)c([N+](=O)[O-])c2)C=CC=C1. The maximum Gasteiger partial charge on any atom is 0.355 e. The molecule has 1 aliphatic rings. The van der Waals surface area contributed by atoms with Gasteiger partial charge in [0.25, 0.3) is 5.75 Å². The highest BCUT2D eigenvalue weighted by atomic mass is 16.6. The van der Waals surface area contributed by atoms with Gasteiger partial charge in [-0.3, -0.25) is 20.2 Å². The third kappa shape index (κ3) is 4.05. The molecule has 0 fully saturated rings. The van der Waals surface area contributed by atoms with Gasteiger partial charge in [0.05, 0.1) is 42.4 Å². The first-order valence-electron chi connectivity index (χ1n) is 7.82. The van der Waals surface area contributed by atoms with Crippen molar-refractivity contribution >= 4 is 29.0 Å². The van der Waals surface area contributed by atoms with Crippen LogP contribution in [0.3, 0.4) is 0 Å². The maximum absolute atomic E-state index is 12.4. The number of allylic oxidation sites excluding steroid dienone is 2. The number of nitro groups is 2. The van der Waals surface area contributed by atoms with Crippen molar-refractivity contribution < 1.29 is 33.6 Å². The van der Waals surface area contributed by atoms with Crippen LogP contribution < -0.4 is 9.64 Å². The highest BCUT2D eigenvalue weighted by Gasteiger charge is 2.33. The quantitative estimate of drug-likeness (QED) is 0.390. The fourth-order valence-electron chi connectivity index (χ4n) is 2.57. The van der Waals surface area contributed by atoms with E-state index in [0.29, 0.717) is 0 Å². The molecule has 0 saturated heterocycles. The molecule has 0 aromatic heterocycles. The second-order valence-electron chi connectivity index (χ2n) is 5.35. The van der Waals surface area contributed by atoms with Crippen molar-refractivity contribution in [2.24, 2.45) is 0 Å². The van der Waals surface area contributed by atoms with Crippen molar-refractivity contribution in [3.63, 3.8) is 0 Å². The lowest BCUT2D eigenvalue weighted by molar-refractivity contribution is -0.395. The number of esters is 2. The van der Waals surface area contributed by atoms with Crippen molar-refractivity contribution in [1.82, 2.24) is 0 Å². The first-order valence-corrected chi connectivity index (χ1v) is 7.82. The number of nitro benzene ring substituents is 2. The summed E-state index contributed by atoms with van der Waals surface area (Å²) in [5.41, 5.74) is -2.12.